The molecule has 4 atom stereocenters. The lowest BCUT2D eigenvalue weighted by atomic mass is 9.49. The summed E-state index contributed by atoms with van der Waals surface area (Å²) in [7, 11) is 0. The van der Waals surface area contributed by atoms with E-state index in [1.807, 2.05) is 13.8 Å². The third-order valence-corrected chi connectivity index (χ3v) is 6.94. The van der Waals surface area contributed by atoms with Crippen LogP contribution in [0, 0.1) is 22.2 Å². The lowest BCUT2D eigenvalue weighted by Crippen LogP contribution is -2.51. The Balaban J connectivity index is 0.00000204. The molecule has 0 amide bonds. The molecule has 2 bridgehead atoms. The van der Waals surface area contributed by atoms with Gasteiger partial charge in [0.25, 0.3) is 0 Å². The Labute approximate surface area is 179 Å². The van der Waals surface area contributed by atoms with E-state index >= 15 is 0 Å². The Bertz CT molecular complexity index is 493. The lowest BCUT2D eigenvalue weighted by molar-refractivity contribution is -0.155. The fourth-order valence-corrected chi connectivity index (χ4v) is 6.11. The molecule has 2 fully saturated rings. The number of hydrogen-bond donors (Lipinski definition) is 2. The first-order valence-corrected chi connectivity index (χ1v) is 11.8. The smallest absolute Gasteiger partial charge is 0.305 e. The Morgan fingerprint density at radius 1 is 1.00 bits per heavy atom. The van der Waals surface area contributed by atoms with Crippen LogP contribution in [0.15, 0.2) is 0 Å². The van der Waals surface area contributed by atoms with Crippen molar-refractivity contribution in [1.29, 1.82) is 0 Å². The molecular formula is C24H47NO4. The highest BCUT2D eigenvalue weighted by Crippen LogP contribution is 2.60. The number of carbonyl (C=O) groups is 1. The first kappa shape index (κ1) is 26.4. The molecule has 5 heteroatoms. The molecule has 29 heavy (non-hydrogen) atoms. The van der Waals surface area contributed by atoms with Crippen LogP contribution in [-0.4, -0.2) is 60.5 Å². The zero-order chi connectivity index (χ0) is 22.1. The maximum atomic E-state index is 12.2. The van der Waals surface area contributed by atoms with Gasteiger partial charge >= 0.3 is 5.97 Å². The van der Waals surface area contributed by atoms with Crippen molar-refractivity contribution in [3.8, 4) is 0 Å². The van der Waals surface area contributed by atoms with Gasteiger partial charge in [0.05, 0.1) is 6.61 Å². The van der Waals surface area contributed by atoms with Gasteiger partial charge in [-0.15, -0.1) is 0 Å². The second-order valence-electron chi connectivity index (χ2n) is 10.1. The van der Waals surface area contributed by atoms with Gasteiger partial charge in [0.1, 0.15) is 0 Å². The quantitative estimate of drug-likeness (QED) is 0.524. The van der Waals surface area contributed by atoms with Crippen molar-refractivity contribution < 1.29 is 19.7 Å². The van der Waals surface area contributed by atoms with Gasteiger partial charge < -0.3 is 19.8 Å². The minimum Gasteiger partial charge on any atom is -0.465 e. The zero-order valence-electron chi connectivity index (χ0n) is 19.9. The number of nitrogens with zero attached hydrogens (tertiary/aromatic N) is 1. The van der Waals surface area contributed by atoms with Gasteiger partial charge in [-0.25, -0.2) is 0 Å². The Hall–Kier alpha value is -0.650. The second kappa shape index (κ2) is 11.7. The van der Waals surface area contributed by atoms with Gasteiger partial charge in [0.2, 0.25) is 0 Å². The Kier molecular flexibility index (Phi) is 10.6. The summed E-state index contributed by atoms with van der Waals surface area (Å²) in [5.41, 5.74) is -0.298. The van der Waals surface area contributed by atoms with Crippen molar-refractivity contribution in [2.45, 2.75) is 86.5 Å². The van der Waals surface area contributed by atoms with Crippen molar-refractivity contribution in [3.63, 3.8) is 0 Å². The van der Waals surface area contributed by atoms with Crippen molar-refractivity contribution in [2.75, 3.05) is 39.5 Å². The van der Waals surface area contributed by atoms with Crippen LogP contribution in [0.5, 0.6) is 0 Å². The first-order valence-electron chi connectivity index (χ1n) is 11.8. The van der Waals surface area contributed by atoms with Crippen LogP contribution in [0.25, 0.3) is 0 Å². The zero-order valence-corrected chi connectivity index (χ0v) is 19.9. The SMILES string of the molecule is CC.CCN(CC)CCCC(=O)OCC1(C)CC2CC(C)(CO)CC(CO)(C2)C1. The predicted molar refractivity (Wildman–Crippen MR) is 119 cm³/mol. The average molecular weight is 414 g/mol. The number of fused-ring (bicyclic) bond motifs is 2. The Morgan fingerprint density at radius 3 is 2.14 bits per heavy atom. The normalized spacial score (nSPS) is 33.8. The second-order valence-corrected chi connectivity index (χ2v) is 10.1. The molecule has 2 aliphatic carbocycles. The number of rotatable bonds is 10. The molecule has 0 saturated heterocycles. The molecular weight excluding hydrogens is 366 g/mol. The van der Waals surface area contributed by atoms with Crippen molar-refractivity contribution in [3.05, 3.63) is 0 Å². The van der Waals surface area contributed by atoms with Gasteiger partial charge in [-0.05, 0) is 74.9 Å². The standard InChI is InChI=1S/C22H41NO4.C2H6/c1-5-23(6-2)9-7-8-19(26)27-17-21(4)11-18-10-20(3,15-24)13-22(12-18,14-21)16-25;1-2/h18,24-25H,5-17H2,1-4H3;1-2H3. The van der Waals surface area contributed by atoms with Gasteiger partial charge in [0.15, 0.2) is 0 Å². The van der Waals surface area contributed by atoms with E-state index in [4.69, 9.17) is 4.74 Å². The van der Waals surface area contributed by atoms with Gasteiger partial charge in [-0.1, -0.05) is 41.5 Å². The number of aliphatic hydroxyl groups excluding tert-OH is 2. The van der Waals surface area contributed by atoms with E-state index < -0.39 is 0 Å². The molecule has 2 saturated carbocycles. The fourth-order valence-electron chi connectivity index (χ4n) is 6.11. The Morgan fingerprint density at radius 2 is 1.59 bits per heavy atom. The number of ether oxygens (including phenoxy) is 1. The summed E-state index contributed by atoms with van der Waals surface area (Å²) >= 11 is 0. The molecule has 2 aliphatic rings. The van der Waals surface area contributed by atoms with Crippen LogP contribution in [0.1, 0.15) is 86.5 Å². The third-order valence-electron chi connectivity index (χ3n) is 6.94. The molecule has 0 aliphatic heterocycles. The maximum absolute atomic E-state index is 12.2. The lowest BCUT2D eigenvalue weighted by Gasteiger charge is -2.56. The van der Waals surface area contributed by atoms with E-state index in [-0.39, 0.29) is 35.4 Å². The van der Waals surface area contributed by atoms with Gasteiger partial charge in [-0.2, -0.15) is 0 Å². The summed E-state index contributed by atoms with van der Waals surface area (Å²) in [6.07, 6.45) is 6.09. The number of esters is 1. The average Bonchev–Trinajstić information content (AvgIpc) is 2.70. The van der Waals surface area contributed by atoms with Crippen LogP contribution in [0.4, 0.5) is 0 Å². The number of aliphatic hydroxyl groups is 2. The number of carbonyl (C=O) groups excluding carboxylic acids is 1. The molecule has 0 aromatic rings. The third kappa shape index (κ3) is 7.52. The summed E-state index contributed by atoms with van der Waals surface area (Å²) < 4.78 is 5.68. The molecule has 5 nitrogen and oxygen atoms in total. The molecule has 0 spiro atoms. The van der Waals surface area contributed by atoms with Crippen LogP contribution in [0.2, 0.25) is 0 Å². The van der Waals surface area contributed by atoms with Crippen molar-refractivity contribution >= 4 is 5.97 Å². The number of hydrogen-bond acceptors (Lipinski definition) is 5. The van der Waals surface area contributed by atoms with Crippen LogP contribution >= 0.6 is 0 Å². The van der Waals surface area contributed by atoms with Crippen LogP contribution < -0.4 is 0 Å². The summed E-state index contributed by atoms with van der Waals surface area (Å²) in [5, 5.41) is 20.0. The van der Waals surface area contributed by atoms with E-state index in [9.17, 15) is 15.0 Å². The molecule has 2 N–H and O–H groups in total. The van der Waals surface area contributed by atoms with E-state index in [2.05, 4.69) is 32.6 Å². The first-order chi connectivity index (χ1) is 13.7. The van der Waals surface area contributed by atoms with E-state index in [1.165, 1.54) is 0 Å². The molecule has 2 rings (SSSR count). The molecule has 0 aromatic heterocycles. The highest BCUT2D eigenvalue weighted by molar-refractivity contribution is 5.69. The molecule has 172 valence electrons. The van der Waals surface area contributed by atoms with E-state index in [1.54, 1.807) is 0 Å². The summed E-state index contributed by atoms with van der Waals surface area (Å²) in [5.74, 6) is 0.389. The summed E-state index contributed by atoms with van der Waals surface area (Å²) in [4.78, 5) is 14.5. The minimum atomic E-state index is -0.136. The monoisotopic (exact) mass is 413 g/mol. The topological polar surface area (TPSA) is 70.0 Å². The molecule has 4 unspecified atom stereocenters. The van der Waals surface area contributed by atoms with Crippen LogP contribution in [-0.2, 0) is 9.53 Å². The maximum Gasteiger partial charge on any atom is 0.305 e. The minimum absolute atomic E-state index is 0.0725. The highest BCUT2D eigenvalue weighted by atomic mass is 16.5. The largest absolute Gasteiger partial charge is 0.465 e. The van der Waals surface area contributed by atoms with Gasteiger partial charge in [-0.3, -0.25) is 4.79 Å². The molecule has 0 heterocycles. The predicted octanol–water partition coefficient (Wildman–Crippen LogP) is 4.26. The van der Waals surface area contributed by atoms with Crippen molar-refractivity contribution in [1.82, 2.24) is 4.90 Å². The fraction of sp³-hybridized carbons (Fsp3) is 0.958. The van der Waals surface area contributed by atoms with Gasteiger partial charge in [0, 0.05) is 25.0 Å². The van der Waals surface area contributed by atoms with Crippen molar-refractivity contribution in [2.24, 2.45) is 22.2 Å². The molecule has 0 aromatic carbocycles. The summed E-state index contributed by atoms with van der Waals surface area (Å²) in [6.45, 7) is 16.4. The van der Waals surface area contributed by atoms with E-state index in [0.717, 1.165) is 58.2 Å². The van der Waals surface area contributed by atoms with E-state index in [0.29, 0.717) is 18.9 Å². The van der Waals surface area contributed by atoms with Crippen LogP contribution in [0.3, 0.4) is 0 Å². The summed E-state index contributed by atoms with van der Waals surface area (Å²) in [6, 6.07) is 0. The highest BCUT2D eigenvalue weighted by Gasteiger charge is 2.53. The molecule has 0 radical (unpaired) electrons.